The first-order valence-electron chi connectivity index (χ1n) is 4.98. The smallest absolute Gasteiger partial charge is 0.157 e. The Morgan fingerprint density at radius 3 is 2.86 bits per heavy atom. The van der Waals surface area contributed by atoms with Crippen LogP contribution in [0.2, 0.25) is 0 Å². The predicted octanol–water partition coefficient (Wildman–Crippen LogP) is 2.46. The Morgan fingerprint density at radius 2 is 2.36 bits per heavy atom. The summed E-state index contributed by atoms with van der Waals surface area (Å²) in [6.45, 7) is 7.64. The van der Waals surface area contributed by atoms with Gasteiger partial charge in [-0.25, -0.2) is 0 Å². The molecule has 2 nitrogen and oxygen atoms in total. The number of nitrogens with one attached hydrogen (secondary N) is 1. The fourth-order valence-corrected chi connectivity index (χ4v) is 3.03. The maximum absolute atomic E-state index is 4.59. The Morgan fingerprint density at radius 1 is 1.64 bits per heavy atom. The average molecular weight is 232 g/mol. The van der Waals surface area contributed by atoms with Gasteiger partial charge in [0, 0.05) is 17.8 Å². The molecule has 0 aromatic heterocycles. The lowest BCUT2D eigenvalue weighted by Crippen LogP contribution is -2.37. The van der Waals surface area contributed by atoms with Crippen molar-refractivity contribution in [1.82, 2.24) is 5.32 Å². The number of aliphatic imine (C=N–C) groups is 1. The third kappa shape index (κ3) is 4.13. The fraction of sp³-hybridized carbons (Fsp3) is 0.900. The summed E-state index contributed by atoms with van der Waals surface area (Å²) in [7, 11) is 0. The molecule has 1 saturated heterocycles. The molecule has 1 unspecified atom stereocenters. The predicted molar refractivity (Wildman–Crippen MR) is 69.5 cm³/mol. The first-order valence-corrected chi connectivity index (χ1v) is 7.36. The lowest BCUT2D eigenvalue weighted by atomic mass is 10.1. The molecule has 1 fully saturated rings. The van der Waals surface area contributed by atoms with E-state index in [4.69, 9.17) is 0 Å². The zero-order valence-corrected chi connectivity index (χ0v) is 11.1. The van der Waals surface area contributed by atoms with E-state index >= 15 is 0 Å². The van der Waals surface area contributed by atoms with Crippen molar-refractivity contribution >= 4 is 28.7 Å². The summed E-state index contributed by atoms with van der Waals surface area (Å²) in [4.78, 5) is 4.59. The van der Waals surface area contributed by atoms with Gasteiger partial charge < -0.3 is 5.32 Å². The molecule has 0 amide bonds. The van der Waals surface area contributed by atoms with E-state index < -0.39 is 0 Å². The summed E-state index contributed by atoms with van der Waals surface area (Å²) in [5.74, 6) is 3.01. The molecule has 14 heavy (non-hydrogen) atoms. The number of hydrogen-bond acceptors (Lipinski definition) is 3. The minimum absolute atomic E-state index is 0.228. The molecule has 1 rings (SSSR count). The third-order valence-corrected chi connectivity index (χ3v) is 4.29. The van der Waals surface area contributed by atoms with Crippen molar-refractivity contribution in [2.24, 2.45) is 10.9 Å². The summed E-state index contributed by atoms with van der Waals surface area (Å²) in [5.41, 5.74) is 0.228. The van der Waals surface area contributed by atoms with Gasteiger partial charge >= 0.3 is 0 Å². The molecule has 1 aliphatic heterocycles. The number of hydrogen-bond donors (Lipinski definition) is 1. The van der Waals surface area contributed by atoms with Crippen LogP contribution >= 0.6 is 23.5 Å². The Bertz CT molecular complexity index is 214. The first kappa shape index (κ1) is 12.2. The van der Waals surface area contributed by atoms with E-state index in [1.807, 2.05) is 23.5 Å². The van der Waals surface area contributed by atoms with Crippen LogP contribution in [-0.2, 0) is 0 Å². The van der Waals surface area contributed by atoms with Gasteiger partial charge in [0.2, 0.25) is 0 Å². The molecule has 0 bridgehead atoms. The molecular weight excluding hydrogens is 212 g/mol. The summed E-state index contributed by atoms with van der Waals surface area (Å²) in [6, 6.07) is 0. The Hall–Kier alpha value is 0.170. The van der Waals surface area contributed by atoms with Crippen molar-refractivity contribution in [2.45, 2.75) is 26.3 Å². The minimum atomic E-state index is 0.228. The Kier molecular flexibility index (Phi) is 4.64. The van der Waals surface area contributed by atoms with Crippen LogP contribution in [0.25, 0.3) is 0 Å². The lowest BCUT2D eigenvalue weighted by molar-refractivity contribution is 0.535. The van der Waals surface area contributed by atoms with Crippen molar-refractivity contribution in [3.05, 3.63) is 0 Å². The summed E-state index contributed by atoms with van der Waals surface area (Å²) >= 11 is 3.74. The molecule has 0 aliphatic carbocycles. The highest BCUT2D eigenvalue weighted by Crippen LogP contribution is 2.22. The van der Waals surface area contributed by atoms with Crippen LogP contribution in [0.5, 0.6) is 0 Å². The van der Waals surface area contributed by atoms with E-state index in [1.165, 1.54) is 5.75 Å². The van der Waals surface area contributed by atoms with Crippen molar-refractivity contribution in [3.63, 3.8) is 0 Å². The largest absolute Gasteiger partial charge is 0.359 e. The van der Waals surface area contributed by atoms with Crippen LogP contribution in [0.15, 0.2) is 4.99 Å². The Balaban J connectivity index is 2.32. The number of rotatable bonds is 4. The van der Waals surface area contributed by atoms with Gasteiger partial charge in [-0.15, -0.1) is 0 Å². The molecule has 82 valence electrons. The molecular formula is C10H20N2S2. The van der Waals surface area contributed by atoms with Crippen LogP contribution in [-0.4, -0.2) is 35.0 Å². The van der Waals surface area contributed by atoms with E-state index in [2.05, 4.69) is 37.3 Å². The van der Waals surface area contributed by atoms with Crippen LogP contribution in [0.3, 0.4) is 0 Å². The van der Waals surface area contributed by atoms with Gasteiger partial charge in [0.1, 0.15) is 0 Å². The van der Waals surface area contributed by atoms with Gasteiger partial charge in [0.25, 0.3) is 0 Å². The summed E-state index contributed by atoms with van der Waals surface area (Å²) in [6.07, 6.45) is 2.15. The standard InChI is InChI=1S/C10H20N2S2/c1-8(6-13-4)5-11-9-12-10(2,3)7-14-9/h8H,5-7H2,1-4H3,(H,11,12). The van der Waals surface area contributed by atoms with E-state index in [0.717, 1.165) is 17.5 Å². The van der Waals surface area contributed by atoms with Crippen molar-refractivity contribution in [1.29, 1.82) is 0 Å². The van der Waals surface area contributed by atoms with Gasteiger partial charge in [-0.2, -0.15) is 11.8 Å². The highest BCUT2D eigenvalue weighted by atomic mass is 32.2. The fourth-order valence-electron chi connectivity index (χ4n) is 1.27. The second-order valence-corrected chi connectivity index (χ2v) is 6.38. The van der Waals surface area contributed by atoms with E-state index in [-0.39, 0.29) is 5.54 Å². The van der Waals surface area contributed by atoms with Gasteiger partial charge in [-0.1, -0.05) is 18.7 Å². The quantitative estimate of drug-likeness (QED) is 0.806. The van der Waals surface area contributed by atoms with Gasteiger partial charge in [0.05, 0.1) is 0 Å². The summed E-state index contributed by atoms with van der Waals surface area (Å²) in [5, 5.41) is 4.56. The maximum atomic E-state index is 4.59. The molecule has 0 saturated carbocycles. The van der Waals surface area contributed by atoms with Crippen molar-refractivity contribution in [3.8, 4) is 0 Å². The first-order chi connectivity index (χ1) is 6.53. The van der Waals surface area contributed by atoms with Crippen LogP contribution < -0.4 is 5.32 Å². The zero-order valence-electron chi connectivity index (χ0n) is 9.46. The normalized spacial score (nSPS) is 25.0. The third-order valence-electron chi connectivity index (χ3n) is 2.01. The zero-order chi connectivity index (χ0) is 10.6. The maximum Gasteiger partial charge on any atom is 0.157 e. The molecule has 1 atom stereocenters. The summed E-state index contributed by atoms with van der Waals surface area (Å²) < 4.78 is 0. The van der Waals surface area contributed by atoms with E-state index in [9.17, 15) is 0 Å². The van der Waals surface area contributed by atoms with E-state index in [0.29, 0.717) is 5.92 Å². The molecule has 1 heterocycles. The van der Waals surface area contributed by atoms with Gasteiger partial charge in [0.15, 0.2) is 5.17 Å². The van der Waals surface area contributed by atoms with Crippen LogP contribution in [0, 0.1) is 5.92 Å². The van der Waals surface area contributed by atoms with Crippen LogP contribution in [0.4, 0.5) is 0 Å². The number of thioether (sulfide) groups is 2. The Labute approximate surface area is 95.7 Å². The second kappa shape index (κ2) is 5.31. The van der Waals surface area contributed by atoms with E-state index in [1.54, 1.807) is 0 Å². The van der Waals surface area contributed by atoms with Gasteiger partial charge in [-0.3, -0.25) is 4.99 Å². The monoisotopic (exact) mass is 232 g/mol. The average Bonchev–Trinajstić information content (AvgIpc) is 2.43. The van der Waals surface area contributed by atoms with Crippen molar-refractivity contribution < 1.29 is 0 Å². The molecule has 0 radical (unpaired) electrons. The number of nitrogens with zero attached hydrogens (tertiary/aromatic N) is 1. The molecule has 0 aromatic carbocycles. The van der Waals surface area contributed by atoms with Crippen LogP contribution in [0.1, 0.15) is 20.8 Å². The SMILES string of the molecule is CSCC(C)CN=C1NC(C)(C)CS1. The molecule has 1 aliphatic rings. The highest BCUT2D eigenvalue weighted by molar-refractivity contribution is 8.14. The van der Waals surface area contributed by atoms with Crippen molar-refractivity contribution in [2.75, 3.05) is 24.3 Å². The number of amidine groups is 1. The highest BCUT2D eigenvalue weighted by Gasteiger charge is 2.27. The van der Waals surface area contributed by atoms with Gasteiger partial charge in [-0.05, 0) is 31.8 Å². The molecule has 4 heteroatoms. The second-order valence-electron chi connectivity index (χ2n) is 4.50. The lowest BCUT2D eigenvalue weighted by Gasteiger charge is -2.16. The molecule has 0 aromatic rings. The molecule has 1 N–H and O–H groups in total. The minimum Gasteiger partial charge on any atom is -0.359 e. The topological polar surface area (TPSA) is 24.4 Å². The molecule has 0 spiro atoms.